The number of para-hydroxylation sites is 1. The lowest BCUT2D eigenvalue weighted by Gasteiger charge is -2.36. The van der Waals surface area contributed by atoms with Crippen molar-refractivity contribution in [3.05, 3.63) is 65.9 Å². The van der Waals surface area contributed by atoms with Crippen LogP contribution in [0.25, 0.3) is 10.9 Å². The normalized spacial score (nSPS) is 18.2. The number of piperazine rings is 1. The van der Waals surface area contributed by atoms with Crippen molar-refractivity contribution in [3.8, 4) is 11.5 Å². The second kappa shape index (κ2) is 6.59. The summed E-state index contributed by atoms with van der Waals surface area (Å²) in [6, 6.07) is 17.0. The van der Waals surface area contributed by atoms with Gasteiger partial charge >= 0.3 is 0 Å². The third-order valence-electron chi connectivity index (χ3n) is 5.21. The van der Waals surface area contributed by atoms with Crippen LogP contribution in [0.2, 0.25) is 0 Å². The number of nitrogens with zero attached hydrogens (tertiary/aromatic N) is 2. The lowest BCUT2D eigenvalue weighted by Crippen LogP contribution is -2.45. The van der Waals surface area contributed by atoms with Gasteiger partial charge in [0.15, 0.2) is 11.5 Å². The number of hydrogen-bond acceptors (Lipinski definition) is 5. The van der Waals surface area contributed by atoms with Crippen LogP contribution in [0.3, 0.4) is 0 Å². The SMILES string of the molecule is c1ccc2c(C(c3ccc4c(c3)OCO4)N3CCNCC3)ccnc2c1. The third-order valence-corrected chi connectivity index (χ3v) is 5.21. The molecule has 1 atom stereocenters. The van der Waals surface area contributed by atoms with Crippen LogP contribution in [0.15, 0.2) is 54.7 Å². The Hall–Kier alpha value is -2.63. The van der Waals surface area contributed by atoms with Gasteiger partial charge in [-0.1, -0.05) is 24.3 Å². The molecular formula is C21H21N3O2. The largest absolute Gasteiger partial charge is 0.454 e. The van der Waals surface area contributed by atoms with E-state index in [1.807, 2.05) is 18.3 Å². The Bertz CT molecular complexity index is 932. The van der Waals surface area contributed by atoms with Gasteiger partial charge in [-0.2, -0.15) is 0 Å². The van der Waals surface area contributed by atoms with E-state index < -0.39 is 0 Å². The molecule has 2 aromatic carbocycles. The van der Waals surface area contributed by atoms with Gasteiger partial charge in [-0.25, -0.2) is 0 Å². The van der Waals surface area contributed by atoms with E-state index in [1.165, 1.54) is 16.5 Å². The summed E-state index contributed by atoms with van der Waals surface area (Å²) >= 11 is 0. The van der Waals surface area contributed by atoms with Crippen molar-refractivity contribution in [3.63, 3.8) is 0 Å². The predicted molar refractivity (Wildman–Crippen MR) is 101 cm³/mol. The number of aromatic nitrogens is 1. The molecule has 1 aromatic heterocycles. The van der Waals surface area contributed by atoms with Crippen molar-refractivity contribution in [2.24, 2.45) is 0 Å². The number of nitrogens with one attached hydrogen (secondary N) is 1. The Labute approximate surface area is 152 Å². The summed E-state index contributed by atoms with van der Waals surface area (Å²) < 4.78 is 11.1. The van der Waals surface area contributed by atoms with E-state index in [-0.39, 0.29) is 6.04 Å². The molecule has 3 heterocycles. The van der Waals surface area contributed by atoms with Gasteiger partial charge in [0.2, 0.25) is 6.79 Å². The molecule has 0 radical (unpaired) electrons. The molecule has 0 bridgehead atoms. The number of hydrogen-bond donors (Lipinski definition) is 1. The van der Waals surface area contributed by atoms with Gasteiger partial charge in [0, 0.05) is 37.8 Å². The van der Waals surface area contributed by atoms with E-state index in [1.54, 1.807) is 0 Å². The van der Waals surface area contributed by atoms with Crippen molar-refractivity contribution < 1.29 is 9.47 Å². The van der Waals surface area contributed by atoms with Gasteiger partial charge < -0.3 is 14.8 Å². The molecule has 0 spiro atoms. The zero-order valence-electron chi connectivity index (χ0n) is 14.5. The molecular weight excluding hydrogens is 326 g/mol. The molecule has 2 aliphatic heterocycles. The molecule has 26 heavy (non-hydrogen) atoms. The fourth-order valence-electron chi connectivity index (χ4n) is 3.97. The summed E-state index contributed by atoms with van der Waals surface area (Å²) in [4.78, 5) is 7.08. The van der Waals surface area contributed by atoms with Crippen molar-refractivity contribution in [2.75, 3.05) is 33.0 Å². The first-order valence-corrected chi connectivity index (χ1v) is 9.08. The van der Waals surface area contributed by atoms with Crippen LogP contribution in [0.1, 0.15) is 17.2 Å². The van der Waals surface area contributed by atoms with E-state index in [4.69, 9.17) is 9.47 Å². The van der Waals surface area contributed by atoms with Crippen molar-refractivity contribution in [2.45, 2.75) is 6.04 Å². The van der Waals surface area contributed by atoms with E-state index >= 15 is 0 Å². The van der Waals surface area contributed by atoms with Crippen LogP contribution < -0.4 is 14.8 Å². The minimum absolute atomic E-state index is 0.166. The standard InChI is InChI=1S/C21H21N3O2/c1-2-4-18-16(3-1)17(7-8-23-18)21(24-11-9-22-10-12-24)15-5-6-19-20(13-15)26-14-25-19/h1-8,13,21-22H,9-12,14H2. The van der Waals surface area contributed by atoms with Crippen LogP contribution >= 0.6 is 0 Å². The maximum atomic E-state index is 5.63. The fourth-order valence-corrected chi connectivity index (χ4v) is 3.97. The van der Waals surface area contributed by atoms with Crippen molar-refractivity contribution in [1.29, 1.82) is 0 Å². The molecule has 1 fully saturated rings. The quantitative estimate of drug-likeness (QED) is 0.789. The van der Waals surface area contributed by atoms with Gasteiger partial charge in [-0.15, -0.1) is 0 Å². The van der Waals surface area contributed by atoms with Crippen LogP contribution in [-0.4, -0.2) is 42.9 Å². The Morgan fingerprint density at radius 2 is 1.81 bits per heavy atom. The van der Waals surface area contributed by atoms with E-state index in [0.29, 0.717) is 6.79 Å². The highest BCUT2D eigenvalue weighted by Gasteiger charge is 2.27. The van der Waals surface area contributed by atoms with E-state index in [9.17, 15) is 0 Å². The zero-order chi connectivity index (χ0) is 17.3. The highest BCUT2D eigenvalue weighted by Crippen LogP contribution is 2.39. The van der Waals surface area contributed by atoms with Crippen LogP contribution in [0.4, 0.5) is 0 Å². The molecule has 1 saturated heterocycles. The minimum atomic E-state index is 0.166. The molecule has 2 aliphatic rings. The predicted octanol–water partition coefficient (Wildman–Crippen LogP) is 2.96. The monoisotopic (exact) mass is 347 g/mol. The van der Waals surface area contributed by atoms with Crippen LogP contribution in [-0.2, 0) is 0 Å². The topological polar surface area (TPSA) is 46.6 Å². The summed E-state index contributed by atoms with van der Waals surface area (Å²) in [5.41, 5.74) is 3.55. The zero-order valence-corrected chi connectivity index (χ0v) is 14.5. The van der Waals surface area contributed by atoms with Gasteiger partial charge in [-0.3, -0.25) is 9.88 Å². The summed E-state index contributed by atoms with van der Waals surface area (Å²) in [6.45, 7) is 4.33. The van der Waals surface area contributed by atoms with Crippen LogP contribution in [0.5, 0.6) is 11.5 Å². The molecule has 3 aromatic rings. The number of ether oxygens (including phenoxy) is 2. The number of fused-ring (bicyclic) bond motifs is 2. The molecule has 0 amide bonds. The van der Waals surface area contributed by atoms with Gasteiger partial charge in [0.1, 0.15) is 0 Å². The molecule has 5 heteroatoms. The van der Waals surface area contributed by atoms with Crippen molar-refractivity contribution in [1.82, 2.24) is 15.2 Å². The first-order chi connectivity index (χ1) is 12.9. The number of rotatable bonds is 3. The fraction of sp³-hybridized carbons (Fsp3) is 0.286. The minimum Gasteiger partial charge on any atom is -0.454 e. The average Bonchev–Trinajstić information content (AvgIpc) is 3.17. The Balaban J connectivity index is 1.66. The number of pyridine rings is 1. The molecule has 1 N–H and O–H groups in total. The highest BCUT2D eigenvalue weighted by atomic mass is 16.7. The highest BCUT2D eigenvalue weighted by molar-refractivity contribution is 5.82. The first kappa shape index (κ1) is 15.6. The van der Waals surface area contributed by atoms with E-state index in [0.717, 1.165) is 43.2 Å². The lowest BCUT2D eigenvalue weighted by atomic mass is 9.93. The molecule has 0 aliphatic carbocycles. The molecule has 0 saturated carbocycles. The second-order valence-electron chi connectivity index (χ2n) is 6.72. The van der Waals surface area contributed by atoms with Gasteiger partial charge in [0.25, 0.3) is 0 Å². The van der Waals surface area contributed by atoms with Crippen molar-refractivity contribution >= 4 is 10.9 Å². The maximum Gasteiger partial charge on any atom is 0.231 e. The van der Waals surface area contributed by atoms with Gasteiger partial charge in [-0.05, 0) is 35.4 Å². The summed E-state index contributed by atoms with van der Waals surface area (Å²) in [5, 5.41) is 4.66. The number of benzene rings is 2. The lowest BCUT2D eigenvalue weighted by molar-refractivity contribution is 0.173. The Kier molecular flexibility index (Phi) is 3.96. The average molecular weight is 347 g/mol. The molecule has 132 valence electrons. The molecule has 1 unspecified atom stereocenters. The third kappa shape index (κ3) is 2.69. The van der Waals surface area contributed by atoms with Gasteiger partial charge in [0.05, 0.1) is 11.6 Å². The maximum absolute atomic E-state index is 5.63. The first-order valence-electron chi connectivity index (χ1n) is 9.08. The molecule has 5 nitrogen and oxygen atoms in total. The van der Waals surface area contributed by atoms with E-state index in [2.05, 4.69) is 51.6 Å². The summed E-state index contributed by atoms with van der Waals surface area (Å²) in [6.07, 6.45) is 1.92. The summed E-state index contributed by atoms with van der Waals surface area (Å²) in [7, 11) is 0. The Morgan fingerprint density at radius 1 is 0.962 bits per heavy atom. The smallest absolute Gasteiger partial charge is 0.231 e. The Morgan fingerprint density at radius 3 is 2.73 bits per heavy atom. The van der Waals surface area contributed by atoms with Crippen LogP contribution in [0, 0.1) is 0 Å². The second-order valence-corrected chi connectivity index (χ2v) is 6.72. The molecule has 5 rings (SSSR count). The summed E-state index contributed by atoms with van der Waals surface area (Å²) in [5.74, 6) is 1.66.